The molecule has 1 unspecified atom stereocenters. The third kappa shape index (κ3) is 6.51. The molecule has 0 amide bonds. The number of carbonyl (C=O) groups excluding carboxylic acids is 1. The van der Waals surface area contributed by atoms with E-state index in [0.29, 0.717) is 19.6 Å². The quantitative estimate of drug-likeness (QED) is 0.528. The molecule has 1 atom stereocenters. The van der Waals surface area contributed by atoms with Gasteiger partial charge in [0.05, 0.1) is 13.2 Å². The van der Waals surface area contributed by atoms with Gasteiger partial charge >= 0.3 is 0 Å². The topological polar surface area (TPSA) is 38.3 Å². The summed E-state index contributed by atoms with van der Waals surface area (Å²) in [6.45, 7) is 5.24. The number of hydrogen-bond acceptors (Lipinski definition) is 3. The first kappa shape index (κ1) is 17.6. The molecule has 1 aliphatic carbocycles. The number of carbonyl (C=O) groups is 1. The van der Waals surface area contributed by atoms with Gasteiger partial charge in [-0.3, -0.25) is 4.79 Å². The van der Waals surface area contributed by atoms with Crippen LogP contribution in [0.4, 0.5) is 0 Å². The number of benzene rings is 1. The number of ether oxygens (including phenoxy) is 1. The lowest BCUT2D eigenvalue weighted by Gasteiger charge is -2.26. The fraction of sp³-hybridized carbons (Fsp3) is 0.450. The summed E-state index contributed by atoms with van der Waals surface area (Å²) in [5, 5.41) is 3.41. The summed E-state index contributed by atoms with van der Waals surface area (Å²) in [7, 11) is 0. The first-order chi connectivity index (χ1) is 11.2. The van der Waals surface area contributed by atoms with E-state index < -0.39 is 0 Å². The lowest BCUT2D eigenvalue weighted by Crippen LogP contribution is -2.26. The molecular weight excluding hydrogens is 286 g/mol. The van der Waals surface area contributed by atoms with Crippen LogP contribution in [0.1, 0.15) is 36.5 Å². The average molecular weight is 313 g/mol. The van der Waals surface area contributed by atoms with Gasteiger partial charge in [0.15, 0.2) is 5.78 Å². The SMILES string of the molecule is CC1(CCNCCOCCC(=O)c2ccccc2)C=CC=CC1. The van der Waals surface area contributed by atoms with Gasteiger partial charge in [0.2, 0.25) is 0 Å². The van der Waals surface area contributed by atoms with Crippen LogP contribution in [-0.2, 0) is 4.74 Å². The van der Waals surface area contributed by atoms with Gasteiger partial charge in [-0.25, -0.2) is 0 Å². The highest BCUT2D eigenvalue weighted by Crippen LogP contribution is 2.30. The number of rotatable bonds is 10. The summed E-state index contributed by atoms with van der Waals surface area (Å²) in [5.74, 6) is 0.142. The standard InChI is InChI=1S/C20H27NO2/c1-20(11-6-3-7-12-20)13-14-21-15-17-23-16-10-19(22)18-8-4-2-5-9-18/h2-9,11,21H,10,12-17H2,1H3. The Balaban J connectivity index is 1.48. The fourth-order valence-corrected chi connectivity index (χ4v) is 2.64. The van der Waals surface area contributed by atoms with Gasteiger partial charge in [-0.05, 0) is 24.8 Å². The minimum absolute atomic E-state index is 0.142. The lowest BCUT2D eigenvalue weighted by atomic mass is 9.81. The molecule has 3 nitrogen and oxygen atoms in total. The van der Waals surface area contributed by atoms with E-state index in [1.807, 2.05) is 30.3 Å². The van der Waals surface area contributed by atoms with Crippen molar-refractivity contribution in [1.29, 1.82) is 0 Å². The molecule has 0 bridgehead atoms. The molecule has 3 heteroatoms. The average Bonchev–Trinajstić information content (AvgIpc) is 2.58. The second-order valence-corrected chi connectivity index (χ2v) is 6.30. The summed E-state index contributed by atoms with van der Waals surface area (Å²) < 4.78 is 5.53. The van der Waals surface area contributed by atoms with Crippen molar-refractivity contribution >= 4 is 5.78 Å². The zero-order valence-corrected chi connectivity index (χ0v) is 14.0. The number of nitrogens with one attached hydrogen (secondary N) is 1. The zero-order valence-electron chi connectivity index (χ0n) is 14.0. The van der Waals surface area contributed by atoms with E-state index in [1.54, 1.807) is 0 Å². The van der Waals surface area contributed by atoms with Gasteiger partial charge in [-0.1, -0.05) is 61.6 Å². The first-order valence-electron chi connectivity index (χ1n) is 8.41. The third-order valence-electron chi connectivity index (χ3n) is 4.20. The highest BCUT2D eigenvalue weighted by molar-refractivity contribution is 5.96. The smallest absolute Gasteiger partial charge is 0.165 e. The normalized spacial score (nSPS) is 19.9. The van der Waals surface area contributed by atoms with E-state index in [9.17, 15) is 4.79 Å². The Labute approximate surface area is 139 Å². The van der Waals surface area contributed by atoms with Crippen molar-refractivity contribution in [1.82, 2.24) is 5.32 Å². The van der Waals surface area contributed by atoms with E-state index in [1.165, 1.54) is 0 Å². The minimum atomic E-state index is 0.142. The molecule has 0 aromatic heterocycles. The molecule has 1 N–H and O–H groups in total. The van der Waals surface area contributed by atoms with Crippen LogP contribution in [0.3, 0.4) is 0 Å². The molecular formula is C20H27NO2. The van der Waals surface area contributed by atoms with E-state index in [2.05, 4.69) is 36.5 Å². The summed E-state index contributed by atoms with van der Waals surface area (Å²) in [4.78, 5) is 11.9. The number of ketones is 1. The number of allylic oxidation sites excluding steroid dienone is 4. The Hall–Kier alpha value is -1.71. The maximum atomic E-state index is 11.9. The van der Waals surface area contributed by atoms with E-state index in [4.69, 9.17) is 4.74 Å². The van der Waals surface area contributed by atoms with Crippen LogP contribution in [-0.4, -0.2) is 32.1 Å². The summed E-state index contributed by atoms with van der Waals surface area (Å²) >= 11 is 0. The molecule has 0 saturated carbocycles. The van der Waals surface area contributed by atoms with Gasteiger partial charge in [0.1, 0.15) is 0 Å². The lowest BCUT2D eigenvalue weighted by molar-refractivity contribution is 0.0880. The molecule has 2 rings (SSSR count). The molecule has 1 aliphatic rings. The molecule has 1 aromatic carbocycles. The van der Waals surface area contributed by atoms with Crippen LogP contribution in [0.15, 0.2) is 54.6 Å². The van der Waals surface area contributed by atoms with Gasteiger partial charge in [-0.15, -0.1) is 0 Å². The van der Waals surface area contributed by atoms with Crippen LogP contribution >= 0.6 is 0 Å². The third-order valence-corrected chi connectivity index (χ3v) is 4.20. The number of hydrogen-bond donors (Lipinski definition) is 1. The zero-order chi connectivity index (χ0) is 16.4. The molecule has 0 aliphatic heterocycles. The largest absolute Gasteiger partial charge is 0.380 e. The van der Waals surface area contributed by atoms with Gasteiger partial charge < -0.3 is 10.1 Å². The molecule has 23 heavy (non-hydrogen) atoms. The van der Waals surface area contributed by atoms with Crippen molar-refractivity contribution < 1.29 is 9.53 Å². The molecule has 0 fully saturated rings. The molecule has 124 valence electrons. The first-order valence-corrected chi connectivity index (χ1v) is 8.41. The van der Waals surface area contributed by atoms with E-state index in [-0.39, 0.29) is 11.2 Å². The molecule has 0 saturated heterocycles. The van der Waals surface area contributed by atoms with Gasteiger partial charge in [0.25, 0.3) is 0 Å². The summed E-state index contributed by atoms with van der Waals surface area (Å²) in [6, 6.07) is 9.38. The number of Topliss-reactive ketones (excluding diaryl/α,β-unsaturated/α-hetero) is 1. The molecule has 0 heterocycles. The van der Waals surface area contributed by atoms with Crippen molar-refractivity contribution in [2.45, 2.75) is 26.2 Å². The van der Waals surface area contributed by atoms with E-state index >= 15 is 0 Å². The second-order valence-electron chi connectivity index (χ2n) is 6.30. The molecule has 0 radical (unpaired) electrons. The van der Waals surface area contributed by atoms with Crippen LogP contribution in [0, 0.1) is 5.41 Å². The predicted molar refractivity (Wildman–Crippen MR) is 94.7 cm³/mol. The summed E-state index contributed by atoms with van der Waals surface area (Å²) in [5.41, 5.74) is 1.04. The Morgan fingerprint density at radius 3 is 2.74 bits per heavy atom. The van der Waals surface area contributed by atoms with Crippen molar-refractivity contribution in [3.05, 3.63) is 60.2 Å². The van der Waals surface area contributed by atoms with Crippen molar-refractivity contribution in [2.75, 3.05) is 26.3 Å². The highest BCUT2D eigenvalue weighted by Gasteiger charge is 2.19. The second kappa shape index (κ2) is 9.43. The van der Waals surface area contributed by atoms with Crippen LogP contribution in [0.2, 0.25) is 0 Å². The Morgan fingerprint density at radius 1 is 1.17 bits per heavy atom. The van der Waals surface area contributed by atoms with Gasteiger partial charge in [0, 0.05) is 18.5 Å². The monoisotopic (exact) mass is 313 g/mol. The maximum absolute atomic E-state index is 11.9. The van der Waals surface area contributed by atoms with Crippen molar-refractivity contribution in [3.63, 3.8) is 0 Å². The Bertz CT molecular complexity index is 536. The maximum Gasteiger partial charge on any atom is 0.165 e. The molecule has 1 aromatic rings. The van der Waals surface area contributed by atoms with Crippen LogP contribution in [0.5, 0.6) is 0 Å². The van der Waals surface area contributed by atoms with Gasteiger partial charge in [-0.2, -0.15) is 0 Å². The Kier molecular flexibility index (Phi) is 7.24. The van der Waals surface area contributed by atoms with Crippen molar-refractivity contribution in [2.24, 2.45) is 5.41 Å². The van der Waals surface area contributed by atoms with E-state index in [0.717, 1.165) is 31.5 Å². The minimum Gasteiger partial charge on any atom is -0.380 e. The summed E-state index contributed by atoms with van der Waals surface area (Å²) in [6.07, 6.45) is 11.5. The van der Waals surface area contributed by atoms with Crippen molar-refractivity contribution in [3.8, 4) is 0 Å². The molecule has 0 spiro atoms. The highest BCUT2D eigenvalue weighted by atomic mass is 16.5. The fourth-order valence-electron chi connectivity index (χ4n) is 2.64. The van der Waals surface area contributed by atoms with Crippen LogP contribution in [0.25, 0.3) is 0 Å². The van der Waals surface area contributed by atoms with Crippen LogP contribution < -0.4 is 5.32 Å². The Morgan fingerprint density at radius 2 is 2.00 bits per heavy atom. The predicted octanol–water partition coefficient (Wildman–Crippen LogP) is 3.78.